The Kier molecular flexibility index (Phi) is 3.46. The molecule has 8 nitrogen and oxygen atoms in total. The average Bonchev–Trinajstić information content (AvgIpc) is 3.40. The molecule has 8 heteroatoms. The Morgan fingerprint density at radius 2 is 1.79 bits per heavy atom. The molecule has 0 aromatic rings. The standard InChI is InChI=1S/C20H23N3O5/c1-3-10-11-6-7-12-13(16(25)21-15(12)24)14(11)20(2)18(27)22(8-9-4-5-9)19(28)23(20)17(10)26/h9,12-14H,3-8H2,1-2H3,(H,21,24,25)/t12-,13-,14+,20+/m1/s1. The van der Waals surface area contributed by atoms with Crippen LogP contribution < -0.4 is 5.32 Å². The summed E-state index contributed by atoms with van der Waals surface area (Å²) in [6, 6.07) is -0.582. The van der Waals surface area contributed by atoms with Gasteiger partial charge in [-0.05, 0) is 44.9 Å². The quantitative estimate of drug-likeness (QED) is 0.576. The van der Waals surface area contributed by atoms with Gasteiger partial charge in [-0.2, -0.15) is 0 Å². The van der Waals surface area contributed by atoms with Crippen molar-refractivity contribution in [3.63, 3.8) is 0 Å². The minimum Gasteiger partial charge on any atom is -0.296 e. The summed E-state index contributed by atoms with van der Waals surface area (Å²) in [4.78, 5) is 67.1. The molecule has 2 saturated carbocycles. The summed E-state index contributed by atoms with van der Waals surface area (Å²) >= 11 is 0. The van der Waals surface area contributed by atoms with Crippen LogP contribution in [0.3, 0.4) is 0 Å². The molecule has 0 aromatic heterocycles. The predicted octanol–water partition coefficient (Wildman–Crippen LogP) is 0.965. The van der Waals surface area contributed by atoms with Crippen LogP contribution in [0.4, 0.5) is 4.79 Å². The first-order chi connectivity index (χ1) is 13.3. The topological polar surface area (TPSA) is 104 Å². The lowest BCUT2D eigenvalue weighted by Gasteiger charge is -2.48. The number of carbonyl (C=O) groups is 5. The molecular formula is C20H23N3O5. The third kappa shape index (κ3) is 1.98. The van der Waals surface area contributed by atoms with Gasteiger partial charge in [-0.1, -0.05) is 12.5 Å². The zero-order valence-electron chi connectivity index (χ0n) is 16.0. The fourth-order valence-electron chi connectivity index (χ4n) is 5.76. The monoisotopic (exact) mass is 385 g/mol. The van der Waals surface area contributed by atoms with Crippen LogP contribution >= 0.6 is 0 Å². The maximum absolute atomic E-state index is 13.5. The first-order valence-electron chi connectivity index (χ1n) is 10.1. The molecule has 4 fully saturated rings. The summed E-state index contributed by atoms with van der Waals surface area (Å²) in [5.41, 5.74) is -0.142. The van der Waals surface area contributed by atoms with Crippen LogP contribution in [-0.2, 0) is 19.2 Å². The molecule has 0 spiro atoms. The molecule has 148 valence electrons. The van der Waals surface area contributed by atoms with Gasteiger partial charge >= 0.3 is 6.03 Å². The molecule has 0 unspecified atom stereocenters. The molecule has 3 heterocycles. The maximum atomic E-state index is 13.5. The molecule has 5 aliphatic rings. The summed E-state index contributed by atoms with van der Waals surface area (Å²) in [6.07, 6.45) is 3.34. The van der Waals surface area contributed by atoms with Gasteiger partial charge in [-0.3, -0.25) is 29.4 Å². The molecule has 0 aromatic carbocycles. The molecule has 6 amide bonds. The highest BCUT2D eigenvalue weighted by molar-refractivity contribution is 6.19. The Balaban J connectivity index is 1.68. The van der Waals surface area contributed by atoms with E-state index >= 15 is 0 Å². The van der Waals surface area contributed by atoms with Crippen molar-refractivity contribution in [1.29, 1.82) is 0 Å². The van der Waals surface area contributed by atoms with Gasteiger partial charge in [0.25, 0.3) is 11.8 Å². The number of hydrogen-bond donors (Lipinski definition) is 1. The summed E-state index contributed by atoms with van der Waals surface area (Å²) in [5, 5.41) is 2.40. The van der Waals surface area contributed by atoms with Crippen molar-refractivity contribution in [3.05, 3.63) is 11.1 Å². The molecular weight excluding hydrogens is 362 g/mol. The van der Waals surface area contributed by atoms with Crippen LogP contribution in [0.2, 0.25) is 0 Å². The van der Waals surface area contributed by atoms with Gasteiger partial charge in [0.05, 0.1) is 11.8 Å². The fourth-order valence-corrected chi connectivity index (χ4v) is 5.76. The van der Waals surface area contributed by atoms with Crippen molar-refractivity contribution >= 4 is 29.7 Å². The Morgan fingerprint density at radius 3 is 2.43 bits per heavy atom. The number of amides is 6. The van der Waals surface area contributed by atoms with Crippen LogP contribution in [0.5, 0.6) is 0 Å². The number of hydrogen-bond acceptors (Lipinski definition) is 5. The van der Waals surface area contributed by atoms with E-state index in [-0.39, 0.29) is 5.91 Å². The summed E-state index contributed by atoms with van der Waals surface area (Å²) in [5.74, 6) is -3.11. The fraction of sp³-hybridized carbons (Fsp3) is 0.650. The Bertz CT molecular complexity index is 888. The molecule has 28 heavy (non-hydrogen) atoms. The zero-order valence-corrected chi connectivity index (χ0v) is 16.0. The minimum absolute atomic E-state index is 0.293. The van der Waals surface area contributed by atoms with Crippen LogP contribution in [0.15, 0.2) is 11.1 Å². The predicted molar refractivity (Wildman–Crippen MR) is 95.3 cm³/mol. The summed E-state index contributed by atoms with van der Waals surface area (Å²) in [7, 11) is 0. The van der Waals surface area contributed by atoms with E-state index in [2.05, 4.69) is 5.32 Å². The van der Waals surface area contributed by atoms with Gasteiger partial charge in [0, 0.05) is 18.0 Å². The minimum atomic E-state index is -1.44. The third-order valence-corrected chi connectivity index (χ3v) is 7.29. The lowest BCUT2D eigenvalue weighted by Crippen LogP contribution is -2.63. The SMILES string of the molecule is CCC1=C2CC[C@H]3C(=O)NC(=O)[C@H]3[C@H]2[C@@]2(C)C(=O)N(CC3CC3)C(=O)N2C1=O. The average molecular weight is 385 g/mol. The first kappa shape index (κ1) is 17.6. The number of carbonyl (C=O) groups excluding carboxylic acids is 5. The molecule has 1 N–H and O–H groups in total. The van der Waals surface area contributed by atoms with E-state index in [1.54, 1.807) is 6.92 Å². The van der Waals surface area contributed by atoms with Crippen LogP contribution in [-0.4, -0.2) is 51.5 Å². The number of nitrogens with zero attached hydrogens (tertiary/aromatic N) is 2. The first-order valence-corrected chi connectivity index (χ1v) is 10.1. The van der Waals surface area contributed by atoms with Crippen molar-refractivity contribution in [2.45, 2.75) is 51.5 Å². The maximum Gasteiger partial charge on any atom is 0.334 e. The number of fused-ring (bicyclic) bond motifs is 5. The Labute approximate surface area is 162 Å². The highest BCUT2D eigenvalue weighted by Crippen LogP contribution is 2.55. The van der Waals surface area contributed by atoms with Crippen molar-refractivity contribution in [2.75, 3.05) is 6.54 Å². The van der Waals surface area contributed by atoms with Gasteiger partial charge in [0.2, 0.25) is 11.8 Å². The molecule has 2 saturated heterocycles. The van der Waals surface area contributed by atoms with Crippen LogP contribution in [0, 0.1) is 23.7 Å². The van der Waals surface area contributed by atoms with Crippen molar-refractivity contribution in [1.82, 2.24) is 15.1 Å². The second-order valence-corrected chi connectivity index (χ2v) is 8.79. The van der Waals surface area contributed by atoms with Crippen molar-refractivity contribution < 1.29 is 24.0 Å². The number of rotatable bonds is 3. The van der Waals surface area contributed by atoms with Gasteiger partial charge in [0.15, 0.2) is 0 Å². The number of urea groups is 1. The van der Waals surface area contributed by atoms with Crippen molar-refractivity contribution in [3.8, 4) is 0 Å². The Morgan fingerprint density at radius 1 is 1.07 bits per heavy atom. The lowest BCUT2D eigenvalue weighted by atomic mass is 9.59. The van der Waals surface area contributed by atoms with E-state index in [9.17, 15) is 24.0 Å². The summed E-state index contributed by atoms with van der Waals surface area (Å²) in [6.45, 7) is 3.77. The molecule has 4 atom stereocenters. The number of imide groups is 3. The molecule has 2 aliphatic carbocycles. The molecule has 0 radical (unpaired) electrons. The van der Waals surface area contributed by atoms with Gasteiger partial charge in [-0.15, -0.1) is 0 Å². The van der Waals surface area contributed by atoms with E-state index in [0.717, 1.165) is 23.3 Å². The van der Waals surface area contributed by atoms with E-state index in [4.69, 9.17) is 0 Å². The molecule has 5 rings (SSSR count). The van der Waals surface area contributed by atoms with E-state index in [1.165, 1.54) is 4.90 Å². The molecule has 3 aliphatic heterocycles. The van der Waals surface area contributed by atoms with E-state index in [0.29, 0.717) is 37.3 Å². The van der Waals surface area contributed by atoms with E-state index < -0.39 is 47.0 Å². The highest BCUT2D eigenvalue weighted by atomic mass is 16.2. The Hall–Kier alpha value is -2.51. The largest absolute Gasteiger partial charge is 0.334 e. The van der Waals surface area contributed by atoms with Crippen LogP contribution in [0.25, 0.3) is 0 Å². The zero-order chi connectivity index (χ0) is 20.0. The smallest absolute Gasteiger partial charge is 0.296 e. The third-order valence-electron chi connectivity index (χ3n) is 7.29. The van der Waals surface area contributed by atoms with Gasteiger partial charge in [-0.25, -0.2) is 9.69 Å². The van der Waals surface area contributed by atoms with E-state index in [1.807, 2.05) is 6.92 Å². The number of nitrogens with one attached hydrogen (secondary N) is 1. The summed E-state index contributed by atoms with van der Waals surface area (Å²) < 4.78 is 0. The van der Waals surface area contributed by atoms with Gasteiger partial charge < -0.3 is 0 Å². The normalized spacial score (nSPS) is 37.4. The highest BCUT2D eigenvalue weighted by Gasteiger charge is 2.69. The molecule has 0 bridgehead atoms. The van der Waals surface area contributed by atoms with Gasteiger partial charge in [0.1, 0.15) is 5.54 Å². The second-order valence-electron chi connectivity index (χ2n) is 8.79. The second kappa shape index (κ2) is 5.52. The van der Waals surface area contributed by atoms with Crippen LogP contribution in [0.1, 0.15) is 46.0 Å². The van der Waals surface area contributed by atoms with Crippen molar-refractivity contribution in [2.24, 2.45) is 23.7 Å². The lowest BCUT2D eigenvalue weighted by molar-refractivity contribution is -0.146.